The van der Waals surface area contributed by atoms with E-state index >= 15 is 0 Å². The van der Waals surface area contributed by atoms with E-state index in [0.29, 0.717) is 5.92 Å². The minimum Gasteiger partial charge on any atom is -0.342 e. The van der Waals surface area contributed by atoms with Gasteiger partial charge in [0.2, 0.25) is 5.91 Å². The van der Waals surface area contributed by atoms with Crippen molar-refractivity contribution < 1.29 is 4.79 Å². The van der Waals surface area contributed by atoms with Crippen molar-refractivity contribution in [3.63, 3.8) is 0 Å². The minimum atomic E-state index is -0.538. The van der Waals surface area contributed by atoms with Crippen molar-refractivity contribution in [3.05, 3.63) is 71.8 Å². The Balaban J connectivity index is 2.24. The Kier molecular flexibility index (Phi) is 5.05. The van der Waals surface area contributed by atoms with Crippen LogP contribution in [0.15, 0.2) is 60.7 Å². The molecule has 0 aromatic heterocycles. The van der Waals surface area contributed by atoms with Crippen LogP contribution in [0.2, 0.25) is 0 Å². The lowest BCUT2D eigenvalue weighted by Crippen LogP contribution is -2.42. The van der Waals surface area contributed by atoms with Gasteiger partial charge >= 0.3 is 0 Å². The first kappa shape index (κ1) is 16.5. The maximum atomic E-state index is 13.5. The van der Waals surface area contributed by atoms with Crippen LogP contribution in [-0.2, 0) is 10.2 Å². The first-order valence-electron chi connectivity index (χ1n) is 8.21. The maximum absolute atomic E-state index is 13.5. The van der Waals surface area contributed by atoms with Crippen LogP contribution in [-0.4, -0.2) is 28.3 Å². The highest BCUT2D eigenvalue weighted by molar-refractivity contribution is 14.1. The van der Waals surface area contributed by atoms with Crippen LogP contribution in [0.3, 0.4) is 0 Å². The van der Waals surface area contributed by atoms with Crippen molar-refractivity contribution >= 4 is 28.5 Å². The first-order chi connectivity index (χ1) is 11.2. The molecule has 120 valence electrons. The number of amides is 1. The van der Waals surface area contributed by atoms with E-state index in [2.05, 4.69) is 53.8 Å². The molecule has 1 aliphatic heterocycles. The van der Waals surface area contributed by atoms with E-state index in [-0.39, 0.29) is 5.91 Å². The van der Waals surface area contributed by atoms with Gasteiger partial charge < -0.3 is 4.90 Å². The summed E-state index contributed by atoms with van der Waals surface area (Å²) in [6.07, 6.45) is 1.05. The Morgan fingerprint density at radius 3 is 2.00 bits per heavy atom. The number of rotatable bonds is 5. The molecule has 0 N–H and O–H groups in total. The second-order valence-electron chi connectivity index (χ2n) is 6.06. The van der Waals surface area contributed by atoms with Crippen molar-refractivity contribution in [2.75, 3.05) is 17.5 Å². The highest BCUT2D eigenvalue weighted by Crippen LogP contribution is 2.47. The van der Waals surface area contributed by atoms with Gasteiger partial charge in [0.25, 0.3) is 0 Å². The summed E-state index contributed by atoms with van der Waals surface area (Å²) in [5.41, 5.74) is 1.72. The highest BCUT2D eigenvalue weighted by Gasteiger charge is 2.55. The number of carbonyl (C=O) groups is 1. The molecule has 1 fully saturated rings. The minimum absolute atomic E-state index is 0.257. The Morgan fingerprint density at radius 1 is 1.04 bits per heavy atom. The number of hydrogen-bond donors (Lipinski definition) is 0. The number of halogens is 1. The fraction of sp³-hybridized carbons (Fsp3) is 0.350. The Bertz CT molecular complexity index is 616. The summed E-state index contributed by atoms with van der Waals surface area (Å²) in [7, 11) is 0. The standard InChI is InChI=1S/C20H22INO/c1-2-22-15-18(13-14-21)20(19(22)23,16-9-5-3-6-10-16)17-11-7-4-8-12-17/h3-12,18H,2,13-15H2,1H3. The molecule has 2 aromatic carbocycles. The summed E-state index contributed by atoms with van der Waals surface area (Å²) in [5.74, 6) is 0.573. The zero-order valence-electron chi connectivity index (χ0n) is 13.4. The van der Waals surface area contributed by atoms with E-state index < -0.39 is 5.41 Å². The van der Waals surface area contributed by atoms with Crippen LogP contribution in [0.4, 0.5) is 0 Å². The van der Waals surface area contributed by atoms with Gasteiger partial charge in [-0.05, 0) is 34.8 Å². The molecule has 0 aliphatic carbocycles. The van der Waals surface area contributed by atoms with Crippen LogP contribution in [0.5, 0.6) is 0 Å². The fourth-order valence-electron chi connectivity index (χ4n) is 3.91. The molecule has 1 unspecified atom stereocenters. The summed E-state index contributed by atoms with van der Waals surface area (Å²) in [6.45, 7) is 3.70. The fourth-order valence-corrected chi connectivity index (χ4v) is 4.66. The molecule has 1 aliphatic rings. The van der Waals surface area contributed by atoms with E-state index in [0.717, 1.165) is 35.1 Å². The normalized spacial score (nSPS) is 20.0. The molecule has 23 heavy (non-hydrogen) atoms. The van der Waals surface area contributed by atoms with E-state index in [9.17, 15) is 4.79 Å². The molecule has 1 heterocycles. The number of likely N-dealkylation sites (N-methyl/N-ethyl adjacent to an activating group) is 1. The molecule has 2 nitrogen and oxygen atoms in total. The number of hydrogen-bond acceptors (Lipinski definition) is 1. The predicted octanol–water partition coefficient (Wildman–Crippen LogP) is 4.28. The molecule has 3 rings (SSSR count). The molecule has 1 saturated heterocycles. The van der Waals surface area contributed by atoms with E-state index in [1.807, 2.05) is 41.3 Å². The van der Waals surface area contributed by atoms with Crippen molar-refractivity contribution in [2.45, 2.75) is 18.8 Å². The second-order valence-corrected chi connectivity index (χ2v) is 7.14. The third kappa shape index (κ3) is 2.69. The van der Waals surface area contributed by atoms with Gasteiger partial charge in [-0.3, -0.25) is 4.79 Å². The topological polar surface area (TPSA) is 20.3 Å². The third-order valence-electron chi connectivity index (χ3n) is 4.98. The van der Waals surface area contributed by atoms with Crippen molar-refractivity contribution in [3.8, 4) is 0 Å². The predicted molar refractivity (Wildman–Crippen MR) is 103 cm³/mol. The van der Waals surface area contributed by atoms with Gasteiger partial charge in [0, 0.05) is 13.1 Å². The summed E-state index contributed by atoms with van der Waals surface area (Å²) in [4.78, 5) is 15.5. The lowest BCUT2D eigenvalue weighted by Gasteiger charge is -2.34. The Labute approximate surface area is 152 Å². The first-order valence-corrected chi connectivity index (χ1v) is 9.74. The zero-order valence-corrected chi connectivity index (χ0v) is 15.6. The molecule has 0 bridgehead atoms. The quantitative estimate of drug-likeness (QED) is 0.524. The van der Waals surface area contributed by atoms with Crippen molar-refractivity contribution in [1.29, 1.82) is 0 Å². The van der Waals surface area contributed by atoms with Gasteiger partial charge in [0.1, 0.15) is 5.41 Å². The van der Waals surface area contributed by atoms with Crippen LogP contribution >= 0.6 is 22.6 Å². The summed E-state index contributed by atoms with van der Waals surface area (Å²) in [6, 6.07) is 20.7. The van der Waals surface area contributed by atoms with E-state index in [1.54, 1.807) is 0 Å². The van der Waals surface area contributed by atoms with Gasteiger partial charge in [-0.2, -0.15) is 0 Å². The van der Waals surface area contributed by atoms with Crippen molar-refractivity contribution in [2.24, 2.45) is 5.92 Å². The molecule has 1 atom stereocenters. The van der Waals surface area contributed by atoms with Crippen LogP contribution < -0.4 is 0 Å². The SMILES string of the molecule is CCN1CC(CCI)C(c2ccccc2)(c2ccccc2)C1=O. The van der Waals surface area contributed by atoms with Gasteiger partial charge in [-0.25, -0.2) is 0 Å². The van der Waals surface area contributed by atoms with Crippen LogP contribution in [0, 0.1) is 5.92 Å². The van der Waals surface area contributed by atoms with Gasteiger partial charge in [-0.15, -0.1) is 0 Å². The average molecular weight is 419 g/mol. The lowest BCUT2D eigenvalue weighted by atomic mass is 9.66. The molecular weight excluding hydrogens is 397 g/mol. The van der Waals surface area contributed by atoms with Crippen LogP contribution in [0.25, 0.3) is 0 Å². The molecule has 0 saturated carbocycles. The molecule has 0 spiro atoms. The number of carbonyl (C=O) groups excluding carboxylic acids is 1. The number of likely N-dealkylation sites (tertiary alicyclic amines) is 1. The number of benzene rings is 2. The molecule has 2 aromatic rings. The Morgan fingerprint density at radius 2 is 1.57 bits per heavy atom. The van der Waals surface area contributed by atoms with Crippen LogP contribution in [0.1, 0.15) is 24.5 Å². The second kappa shape index (κ2) is 7.04. The smallest absolute Gasteiger partial charge is 0.238 e. The zero-order chi connectivity index (χ0) is 16.3. The van der Waals surface area contributed by atoms with E-state index in [4.69, 9.17) is 0 Å². The number of nitrogens with zero attached hydrogens (tertiary/aromatic N) is 1. The highest BCUT2D eigenvalue weighted by atomic mass is 127. The Hall–Kier alpha value is -1.36. The molecule has 1 amide bonds. The molecular formula is C20H22INO. The van der Waals surface area contributed by atoms with E-state index in [1.165, 1.54) is 0 Å². The summed E-state index contributed by atoms with van der Waals surface area (Å²) >= 11 is 2.43. The summed E-state index contributed by atoms with van der Waals surface area (Å²) < 4.78 is 1.06. The molecule has 3 heteroatoms. The molecule has 0 radical (unpaired) electrons. The average Bonchev–Trinajstić information content (AvgIpc) is 2.89. The monoisotopic (exact) mass is 419 g/mol. The maximum Gasteiger partial charge on any atom is 0.238 e. The van der Waals surface area contributed by atoms with Crippen molar-refractivity contribution in [1.82, 2.24) is 4.90 Å². The van der Waals surface area contributed by atoms with Gasteiger partial charge in [0.15, 0.2) is 0 Å². The van der Waals surface area contributed by atoms with Gasteiger partial charge in [-0.1, -0.05) is 83.3 Å². The summed E-state index contributed by atoms with van der Waals surface area (Å²) in [5, 5.41) is 0. The number of alkyl halides is 1. The largest absolute Gasteiger partial charge is 0.342 e. The van der Waals surface area contributed by atoms with Gasteiger partial charge in [0.05, 0.1) is 0 Å². The lowest BCUT2D eigenvalue weighted by molar-refractivity contribution is -0.131. The third-order valence-corrected chi connectivity index (χ3v) is 5.60.